The Morgan fingerprint density at radius 3 is 1.27 bits per heavy atom. The SMILES string of the molecule is Cn1ccnc1C(n1nc(-c2ccccc2)cc1-c1ccccc1)n1nc(-c2ccccc2)cc1-c1ccccc1. The molecule has 0 fully saturated rings. The van der Waals surface area contributed by atoms with Crippen LogP contribution in [0.4, 0.5) is 0 Å². The smallest absolute Gasteiger partial charge is 0.202 e. The van der Waals surface area contributed by atoms with Crippen LogP contribution in [0.25, 0.3) is 45.0 Å². The lowest BCUT2D eigenvalue weighted by Crippen LogP contribution is -2.26. The van der Waals surface area contributed by atoms with E-state index in [1.807, 2.05) is 72.5 Å². The fraction of sp³-hybridized carbons (Fsp3) is 0.0571. The van der Waals surface area contributed by atoms with Gasteiger partial charge >= 0.3 is 0 Å². The van der Waals surface area contributed by atoms with E-state index in [0.717, 1.165) is 50.9 Å². The minimum absolute atomic E-state index is 0.463. The highest BCUT2D eigenvalue weighted by atomic mass is 15.5. The molecule has 0 spiro atoms. The van der Waals surface area contributed by atoms with E-state index in [1.54, 1.807) is 0 Å². The Labute approximate surface area is 238 Å². The molecule has 7 rings (SSSR count). The van der Waals surface area contributed by atoms with Crippen LogP contribution >= 0.6 is 0 Å². The van der Waals surface area contributed by atoms with Gasteiger partial charge in [0.25, 0.3) is 0 Å². The van der Waals surface area contributed by atoms with Crippen molar-refractivity contribution in [2.45, 2.75) is 6.17 Å². The van der Waals surface area contributed by atoms with Crippen LogP contribution in [-0.2, 0) is 7.05 Å². The molecule has 7 aromatic rings. The normalized spacial score (nSPS) is 11.3. The standard InChI is InChI=1S/C35H28N6/c1-39-23-22-36-34(39)35(40-32(28-18-10-4-11-19-28)24-30(37-40)26-14-6-2-7-15-26)41-33(29-20-12-5-13-21-29)25-31(38-41)27-16-8-3-9-17-27/h2-25,35H,1H3. The van der Waals surface area contributed by atoms with Crippen molar-refractivity contribution >= 4 is 0 Å². The van der Waals surface area contributed by atoms with Crippen LogP contribution in [-0.4, -0.2) is 29.1 Å². The third kappa shape index (κ3) is 4.66. The molecule has 0 aliphatic carbocycles. The molecule has 6 heteroatoms. The van der Waals surface area contributed by atoms with E-state index in [0.29, 0.717) is 0 Å². The van der Waals surface area contributed by atoms with E-state index in [9.17, 15) is 0 Å². The van der Waals surface area contributed by atoms with Crippen molar-refractivity contribution in [1.29, 1.82) is 0 Å². The lowest BCUT2D eigenvalue weighted by atomic mass is 10.1. The molecule has 0 saturated carbocycles. The number of hydrogen-bond donors (Lipinski definition) is 0. The summed E-state index contributed by atoms with van der Waals surface area (Å²) in [5.74, 6) is 0.824. The first kappa shape index (κ1) is 24.5. The Hall–Kier alpha value is -5.49. The third-order valence-electron chi connectivity index (χ3n) is 7.30. The van der Waals surface area contributed by atoms with Crippen molar-refractivity contribution in [3.63, 3.8) is 0 Å². The number of benzene rings is 4. The van der Waals surface area contributed by atoms with Crippen molar-refractivity contribution in [1.82, 2.24) is 29.1 Å². The first-order chi connectivity index (χ1) is 20.3. The molecule has 41 heavy (non-hydrogen) atoms. The van der Waals surface area contributed by atoms with E-state index in [4.69, 9.17) is 15.2 Å². The molecular formula is C35H28N6. The van der Waals surface area contributed by atoms with Gasteiger partial charge < -0.3 is 4.57 Å². The van der Waals surface area contributed by atoms with Gasteiger partial charge in [0.1, 0.15) is 0 Å². The minimum atomic E-state index is -0.463. The zero-order chi connectivity index (χ0) is 27.6. The summed E-state index contributed by atoms with van der Waals surface area (Å²) >= 11 is 0. The summed E-state index contributed by atoms with van der Waals surface area (Å²) in [4.78, 5) is 4.84. The highest BCUT2D eigenvalue weighted by Gasteiger charge is 2.29. The second-order valence-corrected chi connectivity index (χ2v) is 9.95. The van der Waals surface area contributed by atoms with Crippen LogP contribution in [0, 0.1) is 0 Å². The first-order valence-electron chi connectivity index (χ1n) is 13.6. The van der Waals surface area contributed by atoms with Crippen molar-refractivity contribution in [3.8, 4) is 45.0 Å². The fourth-order valence-electron chi connectivity index (χ4n) is 5.26. The highest BCUT2D eigenvalue weighted by Crippen LogP contribution is 2.35. The van der Waals surface area contributed by atoms with E-state index in [-0.39, 0.29) is 0 Å². The number of hydrogen-bond acceptors (Lipinski definition) is 3. The maximum absolute atomic E-state index is 5.25. The van der Waals surface area contributed by atoms with Crippen LogP contribution < -0.4 is 0 Å². The fourth-order valence-corrected chi connectivity index (χ4v) is 5.26. The quantitative estimate of drug-likeness (QED) is 0.213. The second-order valence-electron chi connectivity index (χ2n) is 9.95. The summed E-state index contributed by atoms with van der Waals surface area (Å²) in [6.45, 7) is 0. The maximum atomic E-state index is 5.25. The number of imidazole rings is 1. The molecule has 0 N–H and O–H groups in total. The van der Waals surface area contributed by atoms with Crippen molar-refractivity contribution < 1.29 is 0 Å². The van der Waals surface area contributed by atoms with Gasteiger partial charge in [-0.05, 0) is 23.3 Å². The maximum Gasteiger partial charge on any atom is 0.202 e. The first-order valence-corrected chi connectivity index (χ1v) is 13.6. The van der Waals surface area contributed by atoms with E-state index in [1.165, 1.54) is 0 Å². The Morgan fingerprint density at radius 1 is 0.512 bits per heavy atom. The molecule has 3 aromatic heterocycles. The van der Waals surface area contributed by atoms with E-state index < -0.39 is 6.17 Å². The minimum Gasteiger partial charge on any atom is -0.335 e. The molecule has 0 aliphatic rings. The van der Waals surface area contributed by atoms with Crippen LogP contribution in [0.2, 0.25) is 0 Å². The molecule has 0 bridgehead atoms. The lowest BCUT2D eigenvalue weighted by Gasteiger charge is -2.23. The van der Waals surface area contributed by atoms with Gasteiger partial charge in [0.15, 0.2) is 5.82 Å². The molecule has 0 radical (unpaired) electrons. The number of nitrogens with zero attached hydrogens (tertiary/aromatic N) is 6. The Kier molecular flexibility index (Phi) is 6.34. The average molecular weight is 533 g/mol. The molecule has 0 unspecified atom stereocenters. The zero-order valence-electron chi connectivity index (χ0n) is 22.6. The largest absolute Gasteiger partial charge is 0.335 e. The van der Waals surface area contributed by atoms with E-state index >= 15 is 0 Å². The number of aromatic nitrogens is 6. The predicted molar refractivity (Wildman–Crippen MR) is 163 cm³/mol. The molecule has 0 atom stereocenters. The summed E-state index contributed by atoms with van der Waals surface area (Å²) in [5.41, 5.74) is 7.98. The molecule has 6 nitrogen and oxygen atoms in total. The van der Waals surface area contributed by atoms with Crippen LogP contribution in [0.3, 0.4) is 0 Å². The molecular weight excluding hydrogens is 504 g/mol. The molecule has 0 amide bonds. The molecule has 0 saturated heterocycles. The van der Waals surface area contributed by atoms with Gasteiger partial charge in [-0.1, -0.05) is 121 Å². The Balaban J connectivity index is 1.52. The van der Waals surface area contributed by atoms with Crippen molar-refractivity contribution in [2.24, 2.45) is 7.05 Å². The summed E-state index contributed by atoms with van der Waals surface area (Å²) in [6.07, 6.45) is 3.33. The Morgan fingerprint density at radius 2 is 0.902 bits per heavy atom. The Bertz CT molecular complexity index is 1760. The lowest BCUT2D eigenvalue weighted by molar-refractivity contribution is 0.400. The average Bonchev–Trinajstić information content (AvgIpc) is 3.79. The monoisotopic (exact) mass is 532 g/mol. The number of aryl methyl sites for hydroxylation is 1. The van der Waals surface area contributed by atoms with Gasteiger partial charge in [-0.25, -0.2) is 14.3 Å². The number of rotatable bonds is 7. The molecule has 0 aliphatic heterocycles. The van der Waals surface area contributed by atoms with Crippen LogP contribution in [0.5, 0.6) is 0 Å². The van der Waals surface area contributed by atoms with Gasteiger partial charge in [-0.15, -0.1) is 0 Å². The molecule has 4 aromatic carbocycles. The van der Waals surface area contributed by atoms with Gasteiger partial charge in [0, 0.05) is 30.6 Å². The predicted octanol–water partition coefficient (Wildman–Crippen LogP) is 7.58. The third-order valence-corrected chi connectivity index (χ3v) is 7.30. The van der Waals surface area contributed by atoms with Crippen LogP contribution in [0.1, 0.15) is 12.0 Å². The van der Waals surface area contributed by atoms with Gasteiger partial charge in [-0.2, -0.15) is 10.2 Å². The van der Waals surface area contributed by atoms with Gasteiger partial charge in [0.05, 0.1) is 22.8 Å². The van der Waals surface area contributed by atoms with Gasteiger partial charge in [0.2, 0.25) is 6.17 Å². The molecule has 3 heterocycles. The summed E-state index contributed by atoms with van der Waals surface area (Å²) < 4.78 is 6.17. The van der Waals surface area contributed by atoms with Gasteiger partial charge in [-0.3, -0.25) is 0 Å². The molecule has 198 valence electrons. The topological polar surface area (TPSA) is 53.5 Å². The highest BCUT2D eigenvalue weighted by molar-refractivity contribution is 5.71. The summed E-state index contributed by atoms with van der Waals surface area (Å²) in [6, 6.07) is 45.7. The van der Waals surface area contributed by atoms with E-state index in [2.05, 4.69) is 94.3 Å². The zero-order valence-corrected chi connectivity index (χ0v) is 22.6. The summed E-state index contributed by atoms with van der Waals surface area (Å²) in [5, 5.41) is 10.5. The van der Waals surface area contributed by atoms with Crippen molar-refractivity contribution in [3.05, 3.63) is 152 Å². The van der Waals surface area contributed by atoms with Crippen LogP contribution in [0.15, 0.2) is 146 Å². The second kappa shape index (κ2) is 10.6. The summed E-state index contributed by atoms with van der Waals surface area (Å²) in [7, 11) is 2.02. The van der Waals surface area contributed by atoms with Crippen molar-refractivity contribution in [2.75, 3.05) is 0 Å².